The molecule has 0 unspecified atom stereocenters. The standard InChI is InChI=1S/C21H34N2O2/c1-8-21(9-2,10-3)19(25)22-13-12-16-17(22)15(4)11-14-23(18(16)24)20(5,6)7/h11-17H,8-10H2,1-7H3/t15-,16+,17+/m0/s1. The van der Waals surface area contributed by atoms with E-state index < -0.39 is 0 Å². The molecule has 0 bridgehead atoms. The Morgan fingerprint density at radius 3 is 2.08 bits per heavy atom. The predicted octanol–water partition coefficient (Wildman–Crippen LogP) is 4.33. The third-order valence-electron chi connectivity index (χ3n) is 6.18. The Bertz CT molecular complexity index is 573. The molecule has 2 rings (SSSR count). The molecule has 0 saturated heterocycles. The van der Waals surface area contributed by atoms with Crippen LogP contribution in [0.25, 0.3) is 0 Å². The van der Waals surface area contributed by atoms with Crippen molar-refractivity contribution in [3.8, 4) is 0 Å². The van der Waals surface area contributed by atoms with Gasteiger partial charge in [0.05, 0.1) is 12.0 Å². The highest BCUT2D eigenvalue weighted by Gasteiger charge is 2.48. The fourth-order valence-corrected chi connectivity index (χ4v) is 4.18. The van der Waals surface area contributed by atoms with Crippen molar-refractivity contribution in [2.75, 3.05) is 0 Å². The molecule has 0 radical (unpaired) electrons. The zero-order chi connectivity index (χ0) is 19.0. The normalized spacial score (nSPS) is 26.8. The molecule has 2 heterocycles. The van der Waals surface area contributed by atoms with Crippen LogP contribution in [-0.2, 0) is 9.59 Å². The lowest BCUT2D eigenvalue weighted by atomic mass is 9.77. The van der Waals surface area contributed by atoms with E-state index in [1.54, 1.807) is 0 Å². The Balaban J connectivity index is 2.38. The van der Waals surface area contributed by atoms with Crippen LogP contribution in [0.4, 0.5) is 0 Å². The van der Waals surface area contributed by atoms with Crippen molar-refractivity contribution >= 4 is 11.8 Å². The molecule has 0 aliphatic carbocycles. The molecule has 0 fully saturated rings. The van der Waals surface area contributed by atoms with E-state index in [9.17, 15) is 9.59 Å². The second-order valence-electron chi connectivity index (χ2n) is 8.49. The van der Waals surface area contributed by atoms with Crippen LogP contribution in [0.15, 0.2) is 24.6 Å². The summed E-state index contributed by atoms with van der Waals surface area (Å²) < 4.78 is 0. The molecule has 0 spiro atoms. The van der Waals surface area contributed by atoms with E-state index >= 15 is 0 Å². The fraction of sp³-hybridized carbons (Fsp3) is 0.714. The van der Waals surface area contributed by atoms with E-state index in [0.717, 1.165) is 19.3 Å². The van der Waals surface area contributed by atoms with Gasteiger partial charge < -0.3 is 9.80 Å². The highest BCUT2D eigenvalue weighted by atomic mass is 16.2. The Labute approximate surface area is 152 Å². The largest absolute Gasteiger partial charge is 0.314 e. The fourth-order valence-electron chi connectivity index (χ4n) is 4.18. The summed E-state index contributed by atoms with van der Waals surface area (Å²) in [6, 6.07) is -0.118. The van der Waals surface area contributed by atoms with Crippen LogP contribution in [0.2, 0.25) is 0 Å². The minimum atomic E-state index is -0.332. The first kappa shape index (κ1) is 19.7. The SMILES string of the molecule is CCC(CC)(CC)C(=O)N1C=C[C@H]2C(=O)N(C(C)(C)C)C=C[C@H](C)[C@H]21. The van der Waals surface area contributed by atoms with Gasteiger partial charge in [0.25, 0.3) is 0 Å². The molecule has 3 atom stereocenters. The first-order valence-electron chi connectivity index (χ1n) is 9.65. The van der Waals surface area contributed by atoms with Gasteiger partial charge in [-0.2, -0.15) is 0 Å². The summed E-state index contributed by atoms with van der Waals surface area (Å²) in [6.07, 6.45) is 10.3. The molecule has 2 aliphatic rings. The summed E-state index contributed by atoms with van der Waals surface area (Å²) >= 11 is 0. The zero-order valence-corrected chi connectivity index (χ0v) is 16.9. The van der Waals surface area contributed by atoms with Gasteiger partial charge >= 0.3 is 0 Å². The molecule has 4 heteroatoms. The molecule has 0 saturated carbocycles. The van der Waals surface area contributed by atoms with Crippen LogP contribution in [-0.4, -0.2) is 33.2 Å². The number of amides is 2. The number of hydrogen-bond acceptors (Lipinski definition) is 2. The van der Waals surface area contributed by atoms with E-state index in [-0.39, 0.29) is 40.6 Å². The van der Waals surface area contributed by atoms with Gasteiger partial charge in [0.2, 0.25) is 11.8 Å². The highest BCUT2D eigenvalue weighted by molar-refractivity contribution is 5.89. The Kier molecular flexibility index (Phi) is 5.50. The monoisotopic (exact) mass is 346 g/mol. The molecule has 140 valence electrons. The van der Waals surface area contributed by atoms with Crippen LogP contribution in [0.3, 0.4) is 0 Å². The second-order valence-corrected chi connectivity index (χ2v) is 8.49. The van der Waals surface area contributed by atoms with Crippen LogP contribution < -0.4 is 0 Å². The smallest absolute Gasteiger partial charge is 0.236 e. The summed E-state index contributed by atoms with van der Waals surface area (Å²) in [6.45, 7) is 14.5. The highest BCUT2D eigenvalue weighted by Crippen LogP contribution is 2.40. The van der Waals surface area contributed by atoms with E-state index in [4.69, 9.17) is 0 Å². The van der Waals surface area contributed by atoms with Gasteiger partial charge in [-0.3, -0.25) is 9.59 Å². The number of carbonyl (C=O) groups is 2. The summed E-state index contributed by atoms with van der Waals surface area (Å²) in [5.41, 5.74) is -0.602. The maximum Gasteiger partial charge on any atom is 0.236 e. The quantitative estimate of drug-likeness (QED) is 0.760. The predicted molar refractivity (Wildman–Crippen MR) is 101 cm³/mol. The van der Waals surface area contributed by atoms with Crippen molar-refractivity contribution < 1.29 is 9.59 Å². The van der Waals surface area contributed by atoms with E-state index in [2.05, 4.69) is 33.8 Å². The van der Waals surface area contributed by atoms with Crippen molar-refractivity contribution in [3.63, 3.8) is 0 Å². The number of nitrogens with zero attached hydrogens (tertiary/aromatic N) is 2. The van der Waals surface area contributed by atoms with Gasteiger partial charge in [-0.05, 0) is 46.0 Å². The molecule has 25 heavy (non-hydrogen) atoms. The van der Waals surface area contributed by atoms with Crippen molar-refractivity contribution in [1.82, 2.24) is 9.80 Å². The summed E-state index contributed by atoms with van der Waals surface area (Å²) in [5, 5.41) is 0. The topological polar surface area (TPSA) is 40.6 Å². The number of fused-ring (bicyclic) bond motifs is 1. The van der Waals surface area contributed by atoms with Gasteiger partial charge in [0.1, 0.15) is 0 Å². The molecule has 0 aromatic rings. The average Bonchev–Trinajstić information content (AvgIpc) is 2.95. The van der Waals surface area contributed by atoms with Gasteiger partial charge in [-0.15, -0.1) is 0 Å². The maximum absolute atomic E-state index is 13.4. The van der Waals surface area contributed by atoms with Crippen LogP contribution in [0.1, 0.15) is 67.7 Å². The molecule has 0 aromatic carbocycles. The molecule has 4 nitrogen and oxygen atoms in total. The molecule has 2 amide bonds. The van der Waals surface area contributed by atoms with Crippen LogP contribution in [0, 0.1) is 17.3 Å². The van der Waals surface area contributed by atoms with Crippen molar-refractivity contribution in [3.05, 3.63) is 24.6 Å². The van der Waals surface area contributed by atoms with Crippen LogP contribution >= 0.6 is 0 Å². The minimum absolute atomic E-state index is 0.0831. The van der Waals surface area contributed by atoms with Crippen molar-refractivity contribution in [2.24, 2.45) is 17.3 Å². The van der Waals surface area contributed by atoms with E-state index in [1.807, 2.05) is 49.0 Å². The number of carbonyl (C=O) groups excluding carboxylic acids is 2. The Hall–Kier alpha value is -1.58. The lowest BCUT2D eigenvalue weighted by Gasteiger charge is -2.39. The maximum atomic E-state index is 13.4. The Morgan fingerprint density at radius 1 is 1.04 bits per heavy atom. The van der Waals surface area contributed by atoms with Crippen molar-refractivity contribution in [2.45, 2.75) is 79.3 Å². The first-order valence-corrected chi connectivity index (χ1v) is 9.65. The van der Waals surface area contributed by atoms with E-state index in [1.165, 1.54) is 0 Å². The molecular weight excluding hydrogens is 312 g/mol. The summed E-state index contributed by atoms with van der Waals surface area (Å²) in [4.78, 5) is 30.2. The van der Waals surface area contributed by atoms with Gasteiger partial charge in [-0.1, -0.05) is 39.8 Å². The zero-order valence-electron chi connectivity index (χ0n) is 16.9. The van der Waals surface area contributed by atoms with Gasteiger partial charge in [0.15, 0.2) is 0 Å². The number of rotatable bonds is 4. The van der Waals surface area contributed by atoms with Gasteiger partial charge in [0, 0.05) is 23.4 Å². The van der Waals surface area contributed by atoms with E-state index in [0.29, 0.717) is 0 Å². The average molecular weight is 347 g/mol. The third-order valence-corrected chi connectivity index (χ3v) is 6.18. The molecule has 0 aromatic heterocycles. The summed E-state index contributed by atoms with van der Waals surface area (Å²) in [5.74, 6) is 0.112. The number of hydrogen-bond donors (Lipinski definition) is 0. The van der Waals surface area contributed by atoms with Gasteiger partial charge in [-0.25, -0.2) is 0 Å². The molecule has 0 N–H and O–H groups in total. The Morgan fingerprint density at radius 2 is 1.60 bits per heavy atom. The van der Waals surface area contributed by atoms with Crippen LogP contribution in [0.5, 0.6) is 0 Å². The molecular formula is C21H34N2O2. The van der Waals surface area contributed by atoms with Crippen molar-refractivity contribution in [1.29, 1.82) is 0 Å². The second kappa shape index (κ2) is 6.97. The first-order chi connectivity index (χ1) is 11.6. The minimum Gasteiger partial charge on any atom is -0.314 e. The molecule has 2 aliphatic heterocycles. The lowest BCUT2D eigenvalue weighted by molar-refractivity contribution is -0.144. The summed E-state index contributed by atoms with van der Waals surface area (Å²) in [7, 11) is 0. The third kappa shape index (κ3) is 3.28. The lowest BCUT2D eigenvalue weighted by Crippen LogP contribution is -2.51.